The molecule has 1 aliphatic rings. The van der Waals surface area contributed by atoms with Crippen molar-refractivity contribution in [3.8, 4) is 0 Å². The first kappa shape index (κ1) is 20.1. The summed E-state index contributed by atoms with van der Waals surface area (Å²) < 4.78 is 10.8. The fourth-order valence-electron chi connectivity index (χ4n) is 3.76. The van der Waals surface area contributed by atoms with Crippen LogP contribution in [0.15, 0.2) is 82.0 Å². The first-order valence-electron chi connectivity index (χ1n) is 10.1. The van der Waals surface area contributed by atoms with Crippen LogP contribution in [0.25, 0.3) is 10.9 Å². The Morgan fingerprint density at radius 3 is 2.84 bits per heavy atom. The van der Waals surface area contributed by atoms with Gasteiger partial charge in [-0.05, 0) is 35.2 Å². The second-order valence-corrected chi connectivity index (χ2v) is 8.28. The number of hydrogen-bond donors (Lipinski definition) is 0. The van der Waals surface area contributed by atoms with Crippen LogP contribution in [0.3, 0.4) is 0 Å². The SMILES string of the molecule is O=C(Cc1cccc2cccnc12)OCC(=O)N1N=C(c2cccs2)CC1c1ccco1. The molecule has 0 fully saturated rings. The van der Waals surface area contributed by atoms with Crippen LogP contribution in [0.5, 0.6) is 0 Å². The van der Waals surface area contributed by atoms with Crippen molar-refractivity contribution in [3.05, 3.63) is 88.6 Å². The van der Waals surface area contributed by atoms with E-state index in [0.717, 1.165) is 27.1 Å². The standard InChI is InChI=1S/C24H19N3O4S/c28-22(15-31-23(29)13-17-6-1-5-16-7-2-10-25-24(16)17)27-19(20-8-3-11-30-20)14-18(26-27)21-9-4-12-32-21/h1-12,19H,13-15H2. The highest BCUT2D eigenvalue weighted by Gasteiger charge is 2.35. The summed E-state index contributed by atoms with van der Waals surface area (Å²) in [6.45, 7) is -0.393. The van der Waals surface area contributed by atoms with E-state index in [0.29, 0.717) is 12.2 Å². The number of esters is 1. The normalized spacial score (nSPS) is 15.7. The molecule has 4 heterocycles. The number of furan rings is 1. The van der Waals surface area contributed by atoms with E-state index in [-0.39, 0.29) is 12.5 Å². The molecule has 1 unspecified atom stereocenters. The predicted molar refractivity (Wildman–Crippen MR) is 120 cm³/mol. The summed E-state index contributed by atoms with van der Waals surface area (Å²) in [5, 5.41) is 8.80. The lowest BCUT2D eigenvalue weighted by Crippen LogP contribution is -2.31. The van der Waals surface area contributed by atoms with Crippen molar-refractivity contribution in [2.45, 2.75) is 18.9 Å². The first-order chi connectivity index (χ1) is 15.7. The number of pyridine rings is 1. The van der Waals surface area contributed by atoms with Gasteiger partial charge in [-0.2, -0.15) is 5.10 Å². The molecule has 1 atom stereocenters. The molecular formula is C24H19N3O4S. The van der Waals surface area contributed by atoms with Crippen LogP contribution in [-0.2, 0) is 20.7 Å². The zero-order chi connectivity index (χ0) is 21.9. The van der Waals surface area contributed by atoms with Crippen LogP contribution in [0.4, 0.5) is 0 Å². The molecule has 0 radical (unpaired) electrons. The average molecular weight is 446 g/mol. The molecule has 0 saturated carbocycles. The summed E-state index contributed by atoms with van der Waals surface area (Å²) in [5.74, 6) is -0.253. The summed E-state index contributed by atoms with van der Waals surface area (Å²) in [5.41, 5.74) is 2.32. The fourth-order valence-corrected chi connectivity index (χ4v) is 4.48. The fraction of sp³-hybridized carbons (Fsp3) is 0.167. The number of aromatic nitrogens is 1. The van der Waals surface area contributed by atoms with E-state index in [4.69, 9.17) is 9.15 Å². The largest absolute Gasteiger partial charge is 0.467 e. The van der Waals surface area contributed by atoms with E-state index < -0.39 is 18.5 Å². The molecule has 160 valence electrons. The lowest BCUT2D eigenvalue weighted by atomic mass is 10.1. The molecular weight excluding hydrogens is 426 g/mol. The van der Waals surface area contributed by atoms with E-state index in [1.165, 1.54) is 5.01 Å². The van der Waals surface area contributed by atoms with Crippen LogP contribution in [0, 0.1) is 0 Å². The molecule has 32 heavy (non-hydrogen) atoms. The summed E-state index contributed by atoms with van der Waals surface area (Å²) >= 11 is 1.56. The minimum Gasteiger partial charge on any atom is -0.467 e. The molecule has 3 aromatic heterocycles. The Morgan fingerprint density at radius 2 is 2.03 bits per heavy atom. The van der Waals surface area contributed by atoms with E-state index in [1.807, 2.05) is 53.9 Å². The van der Waals surface area contributed by atoms with E-state index >= 15 is 0 Å². The monoisotopic (exact) mass is 445 g/mol. The topological polar surface area (TPSA) is 85.0 Å². The number of amides is 1. The highest BCUT2D eigenvalue weighted by Crippen LogP contribution is 2.34. The second-order valence-electron chi connectivity index (χ2n) is 7.33. The molecule has 0 N–H and O–H groups in total. The highest BCUT2D eigenvalue weighted by molar-refractivity contribution is 7.12. The quantitative estimate of drug-likeness (QED) is 0.412. The predicted octanol–water partition coefficient (Wildman–Crippen LogP) is 4.35. The maximum absolute atomic E-state index is 12.9. The maximum Gasteiger partial charge on any atom is 0.310 e. The molecule has 8 heteroatoms. The summed E-state index contributed by atoms with van der Waals surface area (Å²) in [6, 6.07) is 16.6. The van der Waals surface area contributed by atoms with Crippen molar-refractivity contribution in [2.75, 3.05) is 6.61 Å². The summed E-state index contributed by atoms with van der Waals surface area (Å²) in [7, 11) is 0. The Balaban J connectivity index is 1.28. The van der Waals surface area contributed by atoms with E-state index in [2.05, 4.69) is 10.1 Å². The number of fused-ring (bicyclic) bond motifs is 1. The highest BCUT2D eigenvalue weighted by atomic mass is 32.1. The van der Waals surface area contributed by atoms with Gasteiger partial charge in [-0.15, -0.1) is 11.3 Å². The van der Waals surface area contributed by atoms with Crippen LogP contribution in [-0.4, -0.2) is 34.2 Å². The number of nitrogens with zero attached hydrogens (tertiary/aromatic N) is 3. The Bertz CT molecular complexity index is 1280. The number of carbonyl (C=O) groups is 2. The van der Waals surface area contributed by atoms with Gasteiger partial charge in [0.05, 0.1) is 28.8 Å². The Kier molecular flexibility index (Phi) is 5.51. The first-order valence-corrected chi connectivity index (χ1v) is 11.0. The van der Waals surface area contributed by atoms with Gasteiger partial charge in [0.25, 0.3) is 5.91 Å². The van der Waals surface area contributed by atoms with Crippen molar-refractivity contribution in [1.82, 2.24) is 9.99 Å². The molecule has 0 bridgehead atoms. The number of para-hydroxylation sites is 1. The van der Waals surface area contributed by atoms with Gasteiger partial charge in [-0.1, -0.05) is 30.3 Å². The van der Waals surface area contributed by atoms with E-state index in [9.17, 15) is 9.59 Å². The molecule has 0 aliphatic carbocycles. The minimum absolute atomic E-state index is 0.0347. The lowest BCUT2D eigenvalue weighted by Gasteiger charge is -2.19. The molecule has 1 aliphatic heterocycles. The molecule has 1 amide bonds. The van der Waals surface area contributed by atoms with Crippen LogP contribution < -0.4 is 0 Å². The zero-order valence-electron chi connectivity index (χ0n) is 17.0. The zero-order valence-corrected chi connectivity index (χ0v) is 17.8. The minimum atomic E-state index is -0.493. The molecule has 1 aromatic carbocycles. The lowest BCUT2D eigenvalue weighted by molar-refractivity contribution is -0.152. The number of rotatable bonds is 6. The Hall–Kier alpha value is -3.78. The van der Waals surface area contributed by atoms with Crippen molar-refractivity contribution in [1.29, 1.82) is 0 Å². The van der Waals surface area contributed by atoms with Gasteiger partial charge in [0, 0.05) is 18.0 Å². The third-order valence-corrected chi connectivity index (χ3v) is 6.17. The van der Waals surface area contributed by atoms with Gasteiger partial charge in [0.2, 0.25) is 0 Å². The third kappa shape index (κ3) is 4.04. The smallest absolute Gasteiger partial charge is 0.310 e. The number of hydrazone groups is 1. The van der Waals surface area contributed by atoms with Gasteiger partial charge in [-0.3, -0.25) is 14.6 Å². The van der Waals surface area contributed by atoms with E-state index in [1.54, 1.807) is 29.9 Å². The molecule has 7 nitrogen and oxygen atoms in total. The Morgan fingerprint density at radius 1 is 1.12 bits per heavy atom. The van der Waals surface area contributed by atoms with Gasteiger partial charge in [-0.25, -0.2) is 5.01 Å². The van der Waals surface area contributed by atoms with Crippen LogP contribution in [0.1, 0.15) is 28.7 Å². The molecule has 5 rings (SSSR count). The van der Waals surface area contributed by atoms with Crippen LogP contribution in [0.2, 0.25) is 0 Å². The molecule has 0 saturated heterocycles. The van der Waals surface area contributed by atoms with Gasteiger partial charge >= 0.3 is 5.97 Å². The number of ether oxygens (including phenoxy) is 1. The Labute approximate surface area is 187 Å². The van der Waals surface area contributed by atoms with Gasteiger partial charge in [0.1, 0.15) is 11.8 Å². The second kappa shape index (κ2) is 8.76. The average Bonchev–Trinajstić information content (AvgIpc) is 3.58. The van der Waals surface area contributed by atoms with Gasteiger partial charge in [0.15, 0.2) is 6.61 Å². The van der Waals surface area contributed by atoms with Crippen molar-refractivity contribution in [3.63, 3.8) is 0 Å². The van der Waals surface area contributed by atoms with Crippen molar-refractivity contribution >= 4 is 39.8 Å². The maximum atomic E-state index is 12.9. The number of benzene rings is 1. The number of thiophene rings is 1. The van der Waals surface area contributed by atoms with Crippen LogP contribution >= 0.6 is 11.3 Å². The van der Waals surface area contributed by atoms with Crippen molar-refractivity contribution in [2.24, 2.45) is 5.10 Å². The summed E-state index contributed by atoms with van der Waals surface area (Å²) in [6.07, 6.45) is 3.83. The van der Waals surface area contributed by atoms with Gasteiger partial charge < -0.3 is 9.15 Å². The molecule has 0 spiro atoms. The third-order valence-electron chi connectivity index (χ3n) is 5.25. The van der Waals surface area contributed by atoms with Crippen molar-refractivity contribution < 1.29 is 18.7 Å². The number of carbonyl (C=O) groups excluding carboxylic acids is 2. The molecule has 4 aromatic rings. The summed E-state index contributed by atoms with van der Waals surface area (Å²) in [4.78, 5) is 30.7. The number of hydrogen-bond acceptors (Lipinski definition) is 7.